The third-order valence-electron chi connectivity index (χ3n) is 4.82. The summed E-state index contributed by atoms with van der Waals surface area (Å²) in [6.45, 7) is 8.20. The molecule has 0 spiro atoms. The van der Waals surface area contributed by atoms with Gasteiger partial charge in [-0.1, -0.05) is 24.3 Å². The van der Waals surface area contributed by atoms with E-state index >= 15 is 0 Å². The van der Waals surface area contributed by atoms with Crippen LogP contribution in [0.5, 0.6) is 5.88 Å². The molecule has 3 aromatic rings. The Morgan fingerprint density at radius 1 is 1.00 bits per heavy atom. The fourth-order valence-electron chi connectivity index (χ4n) is 2.95. The first-order chi connectivity index (χ1) is 16.2. The molecule has 1 aromatic carbocycles. The van der Waals surface area contributed by atoms with Crippen LogP contribution in [0.15, 0.2) is 42.9 Å². The number of carbonyl (C=O) groups excluding carboxylic acids is 1. The van der Waals surface area contributed by atoms with E-state index in [-0.39, 0.29) is 24.3 Å². The molecule has 0 bridgehead atoms. The lowest BCUT2D eigenvalue weighted by molar-refractivity contribution is -0.167. The first-order valence-corrected chi connectivity index (χ1v) is 10.7. The number of hydrogen-bond donors (Lipinski definition) is 1. The van der Waals surface area contributed by atoms with Crippen molar-refractivity contribution in [2.75, 3.05) is 6.61 Å². The minimum atomic E-state index is -4.61. The van der Waals surface area contributed by atoms with Crippen LogP contribution < -0.4 is 4.74 Å². The van der Waals surface area contributed by atoms with Gasteiger partial charge in [-0.15, -0.1) is 0 Å². The van der Waals surface area contributed by atoms with E-state index in [1.807, 2.05) is 0 Å². The summed E-state index contributed by atoms with van der Waals surface area (Å²) in [6.07, 6.45) is -0.947. The van der Waals surface area contributed by atoms with Crippen LogP contribution in [0.2, 0.25) is 0 Å². The molecule has 2 heterocycles. The lowest BCUT2D eigenvalue weighted by Gasteiger charge is -2.28. The average molecular weight is 492 g/mol. The number of aromatic nitrogens is 4. The molecule has 0 amide bonds. The van der Waals surface area contributed by atoms with Crippen molar-refractivity contribution in [1.29, 1.82) is 0 Å². The van der Waals surface area contributed by atoms with Crippen molar-refractivity contribution in [3.8, 4) is 28.5 Å². The number of carbonyl (C=O) groups is 1. The molecule has 8 nitrogen and oxygen atoms in total. The van der Waals surface area contributed by atoms with Gasteiger partial charge in [-0.05, 0) is 34.6 Å². The van der Waals surface area contributed by atoms with Crippen molar-refractivity contribution in [2.24, 2.45) is 5.41 Å². The normalized spacial score (nSPS) is 12.5. The summed E-state index contributed by atoms with van der Waals surface area (Å²) in [7, 11) is 0. The van der Waals surface area contributed by atoms with Crippen molar-refractivity contribution in [3.63, 3.8) is 0 Å². The summed E-state index contributed by atoms with van der Waals surface area (Å²) >= 11 is 0. The summed E-state index contributed by atoms with van der Waals surface area (Å²) in [6, 6.07) is 6.49. The fourth-order valence-corrected chi connectivity index (χ4v) is 2.95. The van der Waals surface area contributed by atoms with Crippen molar-refractivity contribution in [2.45, 2.75) is 53.1 Å². The molecule has 188 valence electrons. The number of hydrogen-bond acceptors (Lipinski definition) is 7. The summed E-state index contributed by atoms with van der Waals surface area (Å²) in [5.41, 5.74) is -1.01. The van der Waals surface area contributed by atoms with Crippen LogP contribution in [0.4, 0.5) is 13.2 Å². The molecule has 0 saturated carbocycles. The zero-order valence-corrected chi connectivity index (χ0v) is 20.1. The molecule has 0 aliphatic carbocycles. The molecule has 35 heavy (non-hydrogen) atoms. The molecule has 0 saturated heterocycles. The third-order valence-corrected chi connectivity index (χ3v) is 4.82. The maximum Gasteiger partial charge on any atom is 0.434 e. The second kappa shape index (κ2) is 9.65. The van der Waals surface area contributed by atoms with Crippen LogP contribution in [0.1, 0.15) is 40.3 Å². The van der Waals surface area contributed by atoms with Gasteiger partial charge < -0.3 is 19.1 Å². The van der Waals surface area contributed by atoms with Crippen molar-refractivity contribution >= 4 is 5.97 Å². The molecule has 0 radical (unpaired) electrons. The number of rotatable bonds is 7. The monoisotopic (exact) mass is 492 g/mol. The van der Waals surface area contributed by atoms with E-state index in [9.17, 15) is 23.1 Å². The van der Waals surface area contributed by atoms with Crippen LogP contribution in [-0.4, -0.2) is 42.8 Å². The molecule has 0 aliphatic heterocycles. The second-order valence-corrected chi connectivity index (χ2v) is 9.55. The second-order valence-electron chi connectivity index (χ2n) is 9.55. The fraction of sp³-hybridized carbons (Fsp3) is 0.417. The third kappa shape index (κ3) is 6.56. The highest BCUT2D eigenvalue weighted by Gasteiger charge is 2.35. The van der Waals surface area contributed by atoms with E-state index < -0.39 is 29.6 Å². The average Bonchev–Trinajstić information content (AvgIpc) is 3.22. The molecular formula is C24H27F3N4O4. The van der Waals surface area contributed by atoms with Gasteiger partial charge in [-0.2, -0.15) is 13.2 Å². The van der Waals surface area contributed by atoms with Gasteiger partial charge >= 0.3 is 12.1 Å². The van der Waals surface area contributed by atoms with Crippen molar-refractivity contribution < 1.29 is 32.5 Å². The van der Waals surface area contributed by atoms with Crippen LogP contribution in [-0.2, 0) is 22.4 Å². The van der Waals surface area contributed by atoms with Gasteiger partial charge in [0.1, 0.15) is 24.8 Å². The maximum atomic E-state index is 13.0. The van der Waals surface area contributed by atoms with Crippen molar-refractivity contribution in [1.82, 2.24) is 19.5 Å². The Bertz CT molecular complexity index is 1170. The predicted molar refractivity (Wildman–Crippen MR) is 121 cm³/mol. The van der Waals surface area contributed by atoms with Gasteiger partial charge in [-0.25, -0.2) is 15.0 Å². The Morgan fingerprint density at radius 2 is 1.63 bits per heavy atom. The number of halogens is 3. The Kier molecular flexibility index (Phi) is 7.21. The molecule has 2 aromatic heterocycles. The predicted octanol–water partition coefficient (Wildman–Crippen LogP) is 4.72. The molecule has 1 N–H and O–H groups in total. The molecular weight excluding hydrogens is 465 g/mol. The number of esters is 1. The van der Waals surface area contributed by atoms with E-state index in [2.05, 4.69) is 15.0 Å². The number of imidazole rings is 1. The van der Waals surface area contributed by atoms with E-state index in [0.717, 1.165) is 10.8 Å². The largest absolute Gasteiger partial charge is 0.475 e. The lowest BCUT2D eigenvalue weighted by Crippen LogP contribution is -2.37. The van der Waals surface area contributed by atoms with Gasteiger partial charge in [0, 0.05) is 17.3 Å². The standard InChI is InChI=1S/C24H27F3N4O4/c1-22(2,3)35-21(33)23(4,5)13-34-19-11-28-17(10-29-19)15-6-8-16(9-7-15)20-30-18(24(25,26)27)12-31(20)14-32/h6-12,32H,13-14H2,1-5H3. The highest BCUT2D eigenvalue weighted by molar-refractivity contribution is 5.76. The lowest BCUT2D eigenvalue weighted by atomic mass is 9.95. The highest BCUT2D eigenvalue weighted by atomic mass is 19.4. The zero-order valence-electron chi connectivity index (χ0n) is 20.1. The summed E-state index contributed by atoms with van der Waals surface area (Å²) < 4.78 is 51.0. The van der Waals surface area contributed by atoms with E-state index in [0.29, 0.717) is 16.8 Å². The van der Waals surface area contributed by atoms with E-state index in [4.69, 9.17) is 9.47 Å². The van der Waals surface area contributed by atoms with Gasteiger partial charge in [0.25, 0.3) is 0 Å². The van der Waals surface area contributed by atoms with Crippen LogP contribution >= 0.6 is 0 Å². The molecule has 0 aliphatic rings. The van der Waals surface area contributed by atoms with Gasteiger partial charge in [0.15, 0.2) is 5.69 Å². The first kappa shape index (κ1) is 26.1. The molecule has 0 unspecified atom stereocenters. The molecule has 11 heteroatoms. The zero-order chi connectivity index (χ0) is 26.0. The summed E-state index contributed by atoms with van der Waals surface area (Å²) in [5, 5.41) is 9.39. The topological polar surface area (TPSA) is 99.4 Å². The quantitative estimate of drug-likeness (QED) is 0.477. The SMILES string of the molecule is CC(C)(C)OC(=O)C(C)(C)COc1cnc(-c2ccc(-c3nc(C(F)(F)F)cn3CO)cc2)cn1. The number of benzene rings is 1. The van der Waals surface area contributed by atoms with Crippen LogP contribution in [0.25, 0.3) is 22.6 Å². The number of aliphatic hydroxyl groups excluding tert-OH is 1. The smallest absolute Gasteiger partial charge is 0.434 e. The maximum absolute atomic E-state index is 13.0. The Morgan fingerprint density at radius 3 is 2.14 bits per heavy atom. The van der Waals surface area contributed by atoms with Gasteiger partial charge in [0.2, 0.25) is 5.88 Å². The first-order valence-electron chi connectivity index (χ1n) is 10.7. The minimum Gasteiger partial charge on any atom is -0.475 e. The molecule has 0 atom stereocenters. The van der Waals surface area contributed by atoms with Crippen LogP contribution in [0.3, 0.4) is 0 Å². The number of aliphatic hydroxyl groups is 1. The highest BCUT2D eigenvalue weighted by Crippen LogP contribution is 2.31. The summed E-state index contributed by atoms with van der Waals surface area (Å²) in [4.78, 5) is 24.5. The van der Waals surface area contributed by atoms with Gasteiger partial charge in [0.05, 0.1) is 23.5 Å². The van der Waals surface area contributed by atoms with Crippen LogP contribution in [0, 0.1) is 5.41 Å². The van der Waals surface area contributed by atoms with Gasteiger partial charge in [-0.3, -0.25) is 4.79 Å². The molecule has 3 rings (SSSR count). The minimum absolute atomic E-state index is 0.00573. The van der Waals surface area contributed by atoms with E-state index in [1.165, 1.54) is 12.4 Å². The Labute approximate surface area is 200 Å². The number of ether oxygens (including phenoxy) is 2. The number of alkyl halides is 3. The molecule has 0 fully saturated rings. The number of nitrogens with zero attached hydrogens (tertiary/aromatic N) is 4. The summed E-state index contributed by atoms with van der Waals surface area (Å²) in [5.74, 6) is -0.167. The Hall–Kier alpha value is -3.47. The van der Waals surface area contributed by atoms with E-state index in [1.54, 1.807) is 58.9 Å². The Balaban J connectivity index is 1.70. The van der Waals surface area contributed by atoms with Crippen molar-refractivity contribution in [3.05, 3.63) is 48.5 Å².